The molecule has 0 atom stereocenters. The lowest BCUT2D eigenvalue weighted by molar-refractivity contribution is 0.589. The average Bonchev–Trinajstić information content (AvgIpc) is 1.99. The minimum absolute atomic E-state index is 0.0863. The van der Waals surface area contributed by atoms with Crippen molar-refractivity contribution in [2.45, 2.75) is 13.5 Å². The summed E-state index contributed by atoms with van der Waals surface area (Å²) < 4.78 is 23.1. The van der Waals surface area contributed by atoms with Gasteiger partial charge in [-0.05, 0) is 6.92 Å². The number of rotatable bonds is 3. The normalized spacial score (nSPS) is 11.7. The monoisotopic (exact) mass is 250 g/mol. The summed E-state index contributed by atoms with van der Waals surface area (Å²) in [7, 11) is -3.09. The van der Waals surface area contributed by atoms with Gasteiger partial charge >= 0.3 is 0 Å². The number of sulfone groups is 1. The first-order valence-electron chi connectivity index (χ1n) is 4.21. The number of aromatic nitrogens is 2. The molecule has 0 aromatic carbocycles. The van der Waals surface area contributed by atoms with Gasteiger partial charge in [0.1, 0.15) is 20.8 Å². The molecule has 0 saturated carbocycles. The van der Waals surface area contributed by atoms with Crippen LogP contribution in [-0.2, 0) is 16.4 Å². The van der Waals surface area contributed by atoms with Crippen molar-refractivity contribution in [3.05, 3.63) is 27.4 Å². The molecular weight excluding hydrogens is 240 g/mol. The second-order valence-electron chi connectivity index (χ2n) is 3.25. The third kappa shape index (κ3) is 3.64. The van der Waals surface area contributed by atoms with E-state index in [1.54, 1.807) is 6.92 Å². The number of nitrogens with zero attached hydrogens (tertiary/aromatic N) is 2. The van der Waals surface area contributed by atoms with Gasteiger partial charge < -0.3 is 0 Å². The molecule has 0 N–H and O–H groups in total. The second-order valence-corrected chi connectivity index (χ2v) is 5.89. The fourth-order valence-electron chi connectivity index (χ4n) is 1.12. The van der Waals surface area contributed by atoms with E-state index in [9.17, 15) is 13.2 Å². The lowest BCUT2D eigenvalue weighted by atomic mass is 10.5. The molecule has 0 radical (unpaired) electrons. The van der Waals surface area contributed by atoms with E-state index in [4.69, 9.17) is 11.6 Å². The lowest BCUT2D eigenvalue weighted by Crippen LogP contribution is -2.26. The van der Waals surface area contributed by atoms with Gasteiger partial charge in [0.05, 0.1) is 5.75 Å². The van der Waals surface area contributed by atoms with Gasteiger partial charge in [0.2, 0.25) is 0 Å². The fraction of sp³-hybridized carbons (Fsp3) is 0.500. The van der Waals surface area contributed by atoms with Crippen LogP contribution in [0.1, 0.15) is 5.82 Å². The molecule has 0 saturated heterocycles. The number of hydrogen-bond acceptors (Lipinski definition) is 4. The summed E-state index contributed by atoms with van der Waals surface area (Å²) in [4.78, 5) is 15.3. The molecule has 0 aliphatic rings. The van der Waals surface area contributed by atoms with E-state index in [-0.39, 0.29) is 23.0 Å². The van der Waals surface area contributed by atoms with Gasteiger partial charge in [0.25, 0.3) is 5.56 Å². The Kier molecular flexibility index (Phi) is 3.51. The molecule has 0 fully saturated rings. The quantitative estimate of drug-likeness (QED) is 0.721. The molecule has 7 heteroatoms. The summed E-state index contributed by atoms with van der Waals surface area (Å²) in [6.07, 6.45) is 1.12. The molecule has 15 heavy (non-hydrogen) atoms. The van der Waals surface area contributed by atoms with E-state index in [2.05, 4.69) is 4.98 Å². The highest BCUT2D eigenvalue weighted by atomic mass is 35.5. The molecule has 0 aliphatic heterocycles. The van der Waals surface area contributed by atoms with Crippen molar-refractivity contribution >= 4 is 21.4 Å². The summed E-state index contributed by atoms with van der Waals surface area (Å²) in [5.74, 6) is 0.327. The van der Waals surface area contributed by atoms with E-state index >= 15 is 0 Å². The van der Waals surface area contributed by atoms with Gasteiger partial charge in [-0.15, -0.1) is 0 Å². The maximum atomic E-state index is 11.4. The highest BCUT2D eigenvalue weighted by Gasteiger charge is 2.07. The van der Waals surface area contributed by atoms with Crippen LogP contribution in [0.25, 0.3) is 0 Å². The molecule has 84 valence electrons. The first kappa shape index (κ1) is 12.2. The molecule has 1 rings (SSSR count). The van der Waals surface area contributed by atoms with E-state index in [1.165, 1.54) is 4.57 Å². The molecule has 1 heterocycles. The van der Waals surface area contributed by atoms with Crippen LogP contribution in [0.4, 0.5) is 0 Å². The van der Waals surface area contributed by atoms with Crippen LogP contribution in [0.15, 0.2) is 10.9 Å². The van der Waals surface area contributed by atoms with E-state index < -0.39 is 9.84 Å². The lowest BCUT2D eigenvalue weighted by Gasteiger charge is -2.07. The largest absolute Gasteiger partial charge is 0.296 e. The van der Waals surface area contributed by atoms with Crippen LogP contribution in [0.3, 0.4) is 0 Å². The zero-order valence-corrected chi connectivity index (χ0v) is 9.97. The first-order valence-corrected chi connectivity index (χ1v) is 6.65. The number of aryl methyl sites for hydroxylation is 1. The van der Waals surface area contributed by atoms with Crippen molar-refractivity contribution in [3.8, 4) is 0 Å². The maximum Gasteiger partial charge on any atom is 0.255 e. The highest BCUT2D eigenvalue weighted by Crippen LogP contribution is 2.01. The van der Waals surface area contributed by atoms with Crippen molar-refractivity contribution in [2.75, 3.05) is 12.0 Å². The van der Waals surface area contributed by atoms with Crippen LogP contribution in [0, 0.1) is 6.92 Å². The van der Waals surface area contributed by atoms with Crippen LogP contribution in [0.2, 0.25) is 5.15 Å². The molecule has 1 aromatic heterocycles. The zero-order chi connectivity index (χ0) is 11.6. The van der Waals surface area contributed by atoms with E-state index in [0.717, 1.165) is 12.3 Å². The van der Waals surface area contributed by atoms with Gasteiger partial charge in [-0.1, -0.05) is 11.6 Å². The minimum Gasteiger partial charge on any atom is -0.296 e. The second kappa shape index (κ2) is 4.32. The van der Waals surface area contributed by atoms with Crippen LogP contribution < -0.4 is 5.56 Å². The predicted octanol–water partition coefficient (Wildman–Crippen LogP) is 0.250. The molecule has 0 aliphatic carbocycles. The SMILES string of the molecule is Cc1nc(Cl)cc(=O)n1CCS(C)(=O)=O. The van der Waals surface area contributed by atoms with Crippen LogP contribution in [-0.4, -0.2) is 30.0 Å². The summed E-state index contributed by atoms with van der Waals surface area (Å²) in [6.45, 7) is 1.71. The molecule has 0 amide bonds. The van der Waals surface area contributed by atoms with Gasteiger partial charge in [0.15, 0.2) is 0 Å². The van der Waals surface area contributed by atoms with Gasteiger partial charge in [0, 0.05) is 18.9 Å². The minimum atomic E-state index is -3.09. The van der Waals surface area contributed by atoms with Gasteiger partial charge in [-0.2, -0.15) is 0 Å². The fourth-order valence-corrected chi connectivity index (χ4v) is 1.85. The summed E-state index contributed by atoms with van der Waals surface area (Å²) >= 11 is 5.57. The van der Waals surface area contributed by atoms with Crippen molar-refractivity contribution in [1.82, 2.24) is 9.55 Å². The summed E-state index contributed by atoms with van der Waals surface area (Å²) in [5.41, 5.74) is -0.337. The first-order chi connectivity index (χ1) is 6.79. The third-order valence-electron chi connectivity index (χ3n) is 1.85. The Labute approximate surface area is 92.6 Å². The molecule has 0 bridgehead atoms. The Morgan fingerprint density at radius 2 is 2.13 bits per heavy atom. The van der Waals surface area contributed by atoms with E-state index in [0.29, 0.717) is 5.82 Å². The van der Waals surface area contributed by atoms with Crippen molar-refractivity contribution in [2.24, 2.45) is 0 Å². The molecule has 1 aromatic rings. The Morgan fingerprint density at radius 3 is 2.60 bits per heavy atom. The Hall–Kier alpha value is -0.880. The smallest absolute Gasteiger partial charge is 0.255 e. The molecule has 0 spiro atoms. The highest BCUT2D eigenvalue weighted by molar-refractivity contribution is 7.90. The number of halogens is 1. The van der Waals surface area contributed by atoms with Crippen molar-refractivity contribution in [1.29, 1.82) is 0 Å². The molecular formula is C8H11ClN2O3S. The summed E-state index contributed by atoms with van der Waals surface area (Å²) in [6, 6.07) is 1.16. The third-order valence-corrected chi connectivity index (χ3v) is 2.97. The standard InChI is InChI=1S/C8H11ClN2O3S/c1-6-10-7(9)5-8(12)11(6)3-4-15(2,13)14/h5H,3-4H2,1-2H3. The van der Waals surface area contributed by atoms with E-state index in [1.807, 2.05) is 0 Å². The zero-order valence-electron chi connectivity index (χ0n) is 8.40. The Morgan fingerprint density at radius 1 is 1.53 bits per heavy atom. The topological polar surface area (TPSA) is 69.0 Å². The predicted molar refractivity (Wildman–Crippen MR) is 58.0 cm³/mol. The van der Waals surface area contributed by atoms with Crippen LogP contribution in [0.5, 0.6) is 0 Å². The number of hydrogen-bond donors (Lipinski definition) is 0. The molecule has 0 unspecified atom stereocenters. The van der Waals surface area contributed by atoms with Crippen LogP contribution >= 0.6 is 11.6 Å². The Bertz CT molecular complexity index is 521. The average molecular weight is 251 g/mol. The van der Waals surface area contributed by atoms with Gasteiger partial charge in [-0.3, -0.25) is 9.36 Å². The molecule has 5 nitrogen and oxygen atoms in total. The summed E-state index contributed by atoms with van der Waals surface area (Å²) in [5, 5.41) is 0.119. The Balaban J connectivity index is 3.01. The van der Waals surface area contributed by atoms with Crippen molar-refractivity contribution < 1.29 is 8.42 Å². The van der Waals surface area contributed by atoms with Gasteiger partial charge in [-0.25, -0.2) is 13.4 Å². The maximum absolute atomic E-state index is 11.4. The van der Waals surface area contributed by atoms with Crippen molar-refractivity contribution in [3.63, 3.8) is 0 Å².